The van der Waals surface area contributed by atoms with Crippen LogP contribution in [0.15, 0.2) is 64.3 Å². The summed E-state index contributed by atoms with van der Waals surface area (Å²) in [5.74, 6) is -1.86. The molecule has 7 nitrogen and oxygen atoms in total. The van der Waals surface area contributed by atoms with Crippen LogP contribution in [0.3, 0.4) is 0 Å². The molecule has 2 heterocycles. The molecule has 2 aromatic carbocycles. The van der Waals surface area contributed by atoms with Gasteiger partial charge in [0.1, 0.15) is 5.82 Å². The van der Waals surface area contributed by atoms with Gasteiger partial charge in [-0.25, -0.2) is 4.39 Å². The summed E-state index contributed by atoms with van der Waals surface area (Å²) in [6.45, 7) is 6.49. The summed E-state index contributed by atoms with van der Waals surface area (Å²) in [6.07, 6.45) is 0. The molecule has 0 fully saturated rings. The van der Waals surface area contributed by atoms with Gasteiger partial charge >= 0.3 is 0 Å². The second kappa shape index (κ2) is 9.69. The topological polar surface area (TPSA) is 83.2 Å². The van der Waals surface area contributed by atoms with E-state index in [1.54, 1.807) is 24.3 Å². The Morgan fingerprint density at radius 1 is 1.18 bits per heavy atom. The zero-order valence-corrected chi connectivity index (χ0v) is 19.4. The number of carbonyl (C=O) groups is 2. The van der Waals surface area contributed by atoms with Crippen LogP contribution in [0.25, 0.3) is 11.0 Å². The highest BCUT2D eigenvalue weighted by molar-refractivity contribution is 6.16. The molecule has 1 aliphatic rings. The van der Waals surface area contributed by atoms with Gasteiger partial charge in [-0.1, -0.05) is 38.1 Å². The SMILES string of the molecule is CCN(CC)CCN1C(=O)C(O)=C(C(=O)c2cc3cccc(OC)c3o2)[C@H]1c1ccc(F)cc1. The predicted octanol–water partition coefficient (Wildman–Crippen LogP) is 4.50. The Morgan fingerprint density at radius 3 is 2.53 bits per heavy atom. The fourth-order valence-corrected chi connectivity index (χ4v) is 4.34. The fourth-order valence-electron chi connectivity index (χ4n) is 4.34. The zero-order valence-electron chi connectivity index (χ0n) is 19.4. The van der Waals surface area contributed by atoms with E-state index in [0.29, 0.717) is 28.8 Å². The molecule has 0 aliphatic carbocycles. The Morgan fingerprint density at radius 2 is 1.88 bits per heavy atom. The minimum absolute atomic E-state index is 0.0217. The monoisotopic (exact) mass is 466 g/mol. The van der Waals surface area contributed by atoms with Gasteiger partial charge in [-0.15, -0.1) is 0 Å². The van der Waals surface area contributed by atoms with Gasteiger partial charge in [0.15, 0.2) is 22.9 Å². The van der Waals surface area contributed by atoms with Crippen molar-refractivity contribution in [3.05, 3.63) is 77.0 Å². The third kappa shape index (κ3) is 4.17. The highest BCUT2D eigenvalue weighted by Crippen LogP contribution is 2.40. The van der Waals surface area contributed by atoms with Crippen molar-refractivity contribution in [2.24, 2.45) is 0 Å². The van der Waals surface area contributed by atoms with Gasteiger partial charge in [-0.2, -0.15) is 0 Å². The lowest BCUT2D eigenvalue weighted by Gasteiger charge is -2.29. The maximum atomic E-state index is 13.6. The molecular weight excluding hydrogens is 439 g/mol. The minimum Gasteiger partial charge on any atom is -0.503 e. The van der Waals surface area contributed by atoms with Crippen molar-refractivity contribution in [2.45, 2.75) is 19.9 Å². The van der Waals surface area contributed by atoms with Crippen molar-refractivity contribution in [3.8, 4) is 5.75 Å². The Balaban J connectivity index is 1.76. The molecule has 0 radical (unpaired) electrons. The van der Waals surface area contributed by atoms with Gasteiger partial charge in [0, 0.05) is 18.5 Å². The molecule has 1 amide bonds. The molecule has 0 unspecified atom stereocenters. The summed E-state index contributed by atoms with van der Waals surface area (Å²) in [5, 5.41) is 11.5. The molecule has 1 atom stereocenters. The standard InChI is InChI=1S/C26H27FN2O5/c1-4-28(5-2)13-14-29-22(16-9-11-18(27)12-10-16)21(24(31)26(29)32)23(30)20-15-17-7-6-8-19(33-3)25(17)34-20/h6-12,15,22,31H,4-5,13-14H2,1-3H3/t22-/m1/s1. The van der Waals surface area contributed by atoms with Crippen LogP contribution in [-0.2, 0) is 4.79 Å². The van der Waals surface area contributed by atoms with Crippen molar-refractivity contribution in [3.63, 3.8) is 0 Å². The molecule has 0 spiro atoms. The summed E-state index contributed by atoms with van der Waals surface area (Å²) < 4.78 is 24.7. The number of nitrogens with zero attached hydrogens (tertiary/aromatic N) is 2. The summed E-state index contributed by atoms with van der Waals surface area (Å²) in [7, 11) is 1.50. The number of ketones is 1. The van der Waals surface area contributed by atoms with Gasteiger partial charge in [0.2, 0.25) is 5.78 Å². The number of ether oxygens (including phenoxy) is 1. The molecule has 0 saturated heterocycles. The first-order chi connectivity index (χ1) is 16.4. The lowest BCUT2D eigenvalue weighted by molar-refractivity contribution is -0.129. The molecule has 34 heavy (non-hydrogen) atoms. The first-order valence-corrected chi connectivity index (χ1v) is 11.2. The molecule has 0 bridgehead atoms. The van der Waals surface area contributed by atoms with Gasteiger partial charge in [-0.3, -0.25) is 9.59 Å². The fraction of sp³-hybridized carbons (Fsp3) is 0.308. The Labute approximate surface area is 197 Å². The Kier molecular flexibility index (Phi) is 6.70. The third-order valence-corrected chi connectivity index (χ3v) is 6.24. The normalized spacial score (nSPS) is 16.2. The van der Waals surface area contributed by atoms with E-state index in [9.17, 15) is 19.1 Å². The first-order valence-electron chi connectivity index (χ1n) is 11.2. The minimum atomic E-state index is -0.869. The molecule has 8 heteroatoms. The van der Waals surface area contributed by atoms with Crippen LogP contribution >= 0.6 is 0 Å². The van der Waals surface area contributed by atoms with Gasteiger partial charge in [-0.05, 0) is 42.9 Å². The van der Waals surface area contributed by atoms with Crippen LogP contribution in [0, 0.1) is 5.82 Å². The molecule has 0 saturated carbocycles. The van der Waals surface area contributed by atoms with E-state index in [4.69, 9.17) is 9.15 Å². The molecule has 178 valence electrons. The second-order valence-corrected chi connectivity index (χ2v) is 8.06. The molecular formula is C26H27FN2O5. The number of aliphatic hydroxyl groups is 1. The van der Waals surface area contributed by atoms with Crippen molar-refractivity contribution < 1.29 is 28.2 Å². The van der Waals surface area contributed by atoms with E-state index in [1.165, 1.54) is 36.3 Å². The van der Waals surface area contributed by atoms with Gasteiger partial charge in [0.05, 0.1) is 18.7 Å². The number of benzene rings is 2. The molecule has 1 aliphatic heterocycles. The summed E-state index contributed by atoms with van der Waals surface area (Å²) in [4.78, 5) is 30.3. The number of amides is 1. The van der Waals surface area contributed by atoms with E-state index in [1.807, 2.05) is 13.8 Å². The van der Waals surface area contributed by atoms with Crippen LogP contribution < -0.4 is 4.74 Å². The Hall–Kier alpha value is -3.65. The number of halogens is 1. The maximum absolute atomic E-state index is 13.6. The van der Waals surface area contributed by atoms with Crippen LogP contribution in [0.5, 0.6) is 5.75 Å². The summed E-state index contributed by atoms with van der Waals surface area (Å²) in [6, 6.07) is 11.5. The number of furan rings is 1. The van der Waals surface area contributed by atoms with E-state index in [-0.39, 0.29) is 17.9 Å². The third-order valence-electron chi connectivity index (χ3n) is 6.24. The average Bonchev–Trinajstić information content (AvgIpc) is 3.39. The zero-order chi connectivity index (χ0) is 24.4. The van der Waals surface area contributed by atoms with Crippen LogP contribution in [0.4, 0.5) is 4.39 Å². The number of fused-ring (bicyclic) bond motifs is 1. The number of methoxy groups -OCH3 is 1. The summed E-state index contributed by atoms with van der Waals surface area (Å²) >= 11 is 0. The first kappa shape index (κ1) is 23.5. The van der Waals surface area contributed by atoms with Crippen molar-refractivity contribution in [2.75, 3.05) is 33.3 Å². The smallest absolute Gasteiger partial charge is 0.290 e. The van der Waals surface area contributed by atoms with Crippen LogP contribution in [0.2, 0.25) is 0 Å². The van der Waals surface area contributed by atoms with Crippen molar-refractivity contribution in [1.29, 1.82) is 0 Å². The largest absolute Gasteiger partial charge is 0.503 e. The number of carbonyl (C=O) groups excluding carboxylic acids is 2. The highest BCUT2D eigenvalue weighted by atomic mass is 19.1. The average molecular weight is 467 g/mol. The van der Waals surface area contributed by atoms with Crippen LogP contribution in [-0.4, -0.2) is 59.9 Å². The number of para-hydroxylation sites is 1. The molecule has 1 N–H and O–H groups in total. The lowest BCUT2D eigenvalue weighted by atomic mass is 9.95. The van der Waals surface area contributed by atoms with E-state index in [2.05, 4.69) is 4.90 Å². The maximum Gasteiger partial charge on any atom is 0.290 e. The number of Topliss-reactive ketones (excluding diaryl/α,β-unsaturated/α-hetero) is 1. The number of aliphatic hydroxyl groups excluding tert-OH is 1. The molecule has 4 rings (SSSR count). The van der Waals surface area contributed by atoms with E-state index in [0.717, 1.165) is 13.1 Å². The predicted molar refractivity (Wildman–Crippen MR) is 125 cm³/mol. The van der Waals surface area contributed by atoms with Gasteiger partial charge in [0.25, 0.3) is 5.91 Å². The van der Waals surface area contributed by atoms with Crippen LogP contribution in [0.1, 0.15) is 36.0 Å². The number of rotatable bonds is 9. The summed E-state index contributed by atoms with van der Waals surface area (Å²) in [5.41, 5.74) is 0.832. The number of hydrogen-bond acceptors (Lipinski definition) is 6. The molecule has 3 aromatic rings. The number of hydrogen-bond donors (Lipinski definition) is 1. The number of likely N-dealkylation sites (N-methyl/N-ethyl adjacent to an activating group) is 1. The second-order valence-electron chi connectivity index (χ2n) is 8.06. The van der Waals surface area contributed by atoms with Crippen molar-refractivity contribution >= 4 is 22.7 Å². The van der Waals surface area contributed by atoms with Crippen molar-refractivity contribution in [1.82, 2.24) is 9.80 Å². The quantitative estimate of drug-likeness (QED) is 0.468. The van der Waals surface area contributed by atoms with E-state index < -0.39 is 29.3 Å². The molecule has 1 aromatic heterocycles. The lowest BCUT2D eigenvalue weighted by Crippen LogP contribution is -2.38. The highest BCUT2D eigenvalue weighted by Gasteiger charge is 2.44. The van der Waals surface area contributed by atoms with E-state index >= 15 is 0 Å². The Bertz CT molecular complexity index is 1240. The van der Waals surface area contributed by atoms with Gasteiger partial charge < -0.3 is 24.1 Å².